The molecule has 1 heterocycles. The van der Waals surface area contributed by atoms with Gasteiger partial charge >= 0.3 is 0 Å². The van der Waals surface area contributed by atoms with Gasteiger partial charge in [0.25, 0.3) is 11.5 Å². The first-order valence-electron chi connectivity index (χ1n) is 8.49. The van der Waals surface area contributed by atoms with E-state index in [0.717, 1.165) is 18.7 Å². The minimum atomic E-state index is -0.197. The van der Waals surface area contributed by atoms with Crippen molar-refractivity contribution in [1.82, 2.24) is 19.3 Å². The van der Waals surface area contributed by atoms with Crippen molar-refractivity contribution >= 4 is 5.91 Å². The Bertz CT molecular complexity index is 608. The van der Waals surface area contributed by atoms with Gasteiger partial charge in [-0.3, -0.25) is 9.59 Å². The van der Waals surface area contributed by atoms with Crippen LogP contribution in [0.25, 0.3) is 0 Å². The highest BCUT2D eigenvalue weighted by Crippen LogP contribution is 2.10. The molecular formula is C18H32N4O2. The highest BCUT2D eigenvalue weighted by molar-refractivity contribution is 5.95. The van der Waals surface area contributed by atoms with Crippen LogP contribution < -0.4 is 5.56 Å². The molecule has 1 aromatic heterocycles. The topological polar surface area (TPSA) is 48.8 Å². The maximum Gasteiger partial charge on any atom is 0.263 e. The molecule has 136 valence electrons. The first-order valence-corrected chi connectivity index (χ1v) is 8.49. The molecule has 6 heteroatoms. The van der Waals surface area contributed by atoms with Crippen LogP contribution in [0.2, 0.25) is 0 Å². The third-order valence-corrected chi connectivity index (χ3v) is 4.13. The number of nitrogens with zero attached hydrogens (tertiary/aromatic N) is 4. The Morgan fingerprint density at radius 2 is 1.79 bits per heavy atom. The quantitative estimate of drug-likeness (QED) is 0.718. The maximum atomic E-state index is 12.9. The minimum Gasteiger partial charge on any atom is -0.337 e. The average Bonchev–Trinajstić information content (AvgIpc) is 2.46. The molecule has 0 aromatic carbocycles. The van der Waals surface area contributed by atoms with Gasteiger partial charge in [-0.15, -0.1) is 0 Å². The zero-order valence-electron chi connectivity index (χ0n) is 16.2. The summed E-state index contributed by atoms with van der Waals surface area (Å²) >= 11 is 0. The van der Waals surface area contributed by atoms with E-state index in [1.54, 1.807) is 15.7 Å². The van der Waals surface area contributed by atoms with Crippen LogP contribution in [0.1, 0.15) is 35.8 Å². The van der Waals surface area contributed by atoms with Crippen molar-refractivity contribution in [1.29, 1.82) is 0 Å². The summed E-state index contributed by atoms with van der Waals surface area (Å²) in [4.78, 5) is 31.6. The predicted octanol–water partition coefficient (Wildman–Crippen LogP) is 1.30. The van der Waals surface area contributed by atoms with Crippen molar-refractivity contribution < 1.29 is 4.79 Å². The summed E-state index contributed by atoms with van der Waals surface area (Å²) in [5.74, 6) is -0.173. The van der Waals surface area contributed by atoms with Crippen LogP contribution >= 0.6 is 0 Å². The molecule has 0 aliphatic heterocycles. The number of carbonyl (C=O) groups excluding carboxylic acids is 1. The number of pyridine rings is 1. The van der Waals surface area contributed by atoms with Crippen molar-refractivity contribution in [3.8, 4) is 0 Å². The normalized spacial score (nSPS) is 12.7. The highest BCUT2D eigenvalue weighted by atomic mass is 16.2. The van der Waals surface area contributed by atoms with Crippen LogP contribution in [0.4, 0.5) is 0 Å². The molecule has 1 aromatic rings. The monoisotopic (exact) mass is 336 g/mol. The zero-order valence-corrected chi connectivity index (χ0v) is 16.2. The van der Waals surface area contributed by atoms with Gasteiger partial charge in [0.1, 0.15) is 5.56 Å². The van der Waals surface area contributed by atoms with Gasteiger partial charge in [0.2, 0.25) is 0 Å². The minimum absolute atomic E-state index is 0.0106. The summed E-state index contributed by atoms with van der Waals surface area (Å²) < 4.78 is 1.67. The fourth-order valence-corrected chi connectivity index (χ4v) is 2.75. The zero-order chi connectivity index (χ0) is 18.4. The summed E-state index contributed by atoms with van der Waals surface area (Å²) in [6, 6.07) is 1.87. The van der Waals surface area contributed by atoms with Gasteiger partial charge in [-0.25, -0.2) is 0 Å². The van der Waals surface area contributed by atoms with Crippen LogP contribution in [0.3, 0.4) is 0 Å². The van der Waals surface area contributed by atoms with Crippen LogP contribution in [0.15, 0.2) is 17.1 Å². The van der Waals surface area contributed by atoms with Crippen molar-refractivity contribution in [2.75, 3.05) is 54.4 Å². The van der Waals surface area contributed by atoms with E-state index < -0.39 is 0 Å². The molecule has 1 unspecified atom stereocenters. The fourth-order valence-electron chi connectivity index (χ4n) is 2.75. The molecule has 24 heavy (non-hydrogen) atoms. The molecule has 0 aliphatic rings. The SMILES string of the molecule is CCN(CCN(C)C)C(=O)c1c(C)ccn(C(C)CN(C)C)c1=O. The number of hydrogen-bond acceptors (Lipinski definition) is 4. The lowest BCUT2D eigenvalue weighted by atomic mass is 10.1. The first-order chi connectivity index (χ1) is 11.2. The molecule has 0 saturated heterocycles. The summed E-state index contributed by atoms with van der Waals surface area (Å²) in [5.41, 5.74) is 0.836. The second-order valence-corrected chi connectivity index (χ2v) is 6.89. The van der Waals surface area contributed by atoms with Gasteiger partial charge in [-0.1, -0.05) is 0 Å². The van der Waals surface area contributed by atoms with E-state index in [4.69, 9.17) is 0 Å². The molecule has 0 fully saturated rings. The van der Waals surface area contributed by atoms with Crippen LogP contribution in [0.5, 0.6) is 0 Å². The maximum absolute atomic E-state index is 12.9. The Morgan fingerprint density at radius 3 is 2.29 bits per heavy atom. The van der Waals surface area contributed by atoms with Gasteiger partial charge in [-0.2, -0.15) is 0 Å². The van der Waals surface area contributed by atoms with E-state index in [2.05, 4.69) is 0 Å². The Kier molecular flexibility index (Phi) is 7.63. The third-order valence-electron chi connectivity index (χ3n) is 4.13. The standard InChI is InChI=1S/C18H32N4O2/c1-8-21(12-11-19(4)5)17(23)16-14(2)9-10-22(18(16)24)15(3)13-20(6)7/h9-10,15H,8,11-13H2,1-7H3. The number of amides is 1. The lowest BCUT2D eigenvalue weighted by Crippen LogP contribution is -2.41. The molecule has 0 N–H and O–H groups in total. The van der Waals surface area contributed by atoms with Gasteiger partial charge in [0.05, 0.1) is 0 Å². The van der Waals surface area contributed by atoms with Crippen molar-refractivity contribution in [2.45, 2.75) is 26.8 Å². The second-order valence-electron chi connectivity index (χ2n) is 6.89. The summed E-state index contributed by atoms with van der Waals surface area (Å²) in [7, 11) is 7.90. The van der Waals surface area contributed by atoms with Crippen LogP contribution in [0, 0.1) is 6.92 Å². The van der Waals surface area contributed by atoms with Crippen molar-refractivity contribution in [3.05, 3.63) is 33.7 Å². The Balaban J connectivity index is 3.17. The third kappa shape index (κ3) is 5.18. The second kappa shape index (κ2) is 8.99. The summed E-state index contributed by atoms with van der Waals surface area (Å²) in [6.45, 7) is 8.49. The lowest BCUT2D eigenvalue weighted by molar-refractivity contribution is 0.0750. The van der Waals surface area contributed by atoms with Gasteiger partial charge < -0.3 is 19.3 Å². The highest BCUT2D eigenvalue weighted by Gasteiger charge is 2.22. The largest absolute Gasteiger partial charge is 0.337 e. The molecule has 1 amide bonds. The number of aryl methyl sites for hydroxylation is 1. The smallest absolute Gasteiger partial charge is 0.263 e. The molecule has 1 atom stereocenters. The van der Waals surface area contributed by atoms with Crippen LogP contribution in [-0.2, 0) is 0 Å². The lowest BCUT2D eigenvalue weighted by Gasteiger charge is -2.25. The number of hydrogen-bond donors (Lipinski definition) is 0. The fraction of sp³-hybridized carbons (Fsp3) is 0.667. The van der Waals surface area contributed by atoms with Crippen LogP contribution in [-0.4, -0.2) is 79.5 Å². The van der Waals surface area contributed by atoms with Gasteiger partial charge in [0, 0.05) is 38.4 Å². The molecule has 0 bridgehead atoms. The number of aromatic nitrogens is 1. The molecule has 1 rings (SSSR count). The Hall–Kier alpha value is -1.66. The molecule has 6 nitrogen and oxygen atoms in total. The van der Waals surface area contributed by atoms with E-state index in [-0.39, 0.29) is 17.5 Å². The van der Waals surface area contributed by atoms with E-state index in [1.807, 2.05) is 64.8 Å². The predicted molar refractivity (Wildman–Crippen MR) is 98.8 cm³/mol. The summed E-state index contributed by atoms with van der Waals surface area (Å²) in [6.07, 6.45) is 1.79. The van der Waals surface area contributed by atoms with Gasteiger partial charge in [0.15, 0.2) is 0 Å². The number of rotatable bonds is 8. The van der Waals surface area contributed by atoms with E-state index in [0.29, 0.717) is 18.7 Å². The Labute approximate surface area is 145 Å². The average molecular weight is 336 g/mol. The molecule has 0 radical (unpaired) electrons. The number of carbonyl (C=O) groups is 1. The van der Waals surface area contributed by atoms with E-state index >= 15 is 0 Å². The molecule has 0 spiro atoms. The van der Waals surface area contributed by atoms with Gasteiger partial charge in [-0.05, 0) is 60.6 Å². The first kappa shape index (κ1) is 20.4. The summed E-state index contributed by atoms with van der Waals surface area (Å²) in [5, 5.41) is 0. The van der Waals surface area contributed by atoms with E-state index in [1.165, 1.54) is 0 Å². The van der Waals surface area contributed by atoms with Crippen molar-refractivity contribution in [2.24, 2.45) is 0 Å². The van der Waals surface area contributed by atoms with Crippen molar-refractivity contribution in [3.63, 3.8) is 0 Å². The molecular weight excluding hydrogens is 304 g/mol. The molecule has 0 saturated carbocycles. The molecule has 0 aliphatic carbocycles. The Morgan fingerprint density at radius 1 is 1.17 bits per heavy atom. The number of likely N-dealkylation sites (N-methyl/N-ethyl adjacent to an activating group) is 3. The van der Waals surface area contributed by atoms with E-state index in [9.17, 15) is 9.59 Å².